The fraction of sp³-hybridized carbons (Fsp3) is 0.500. The third-order valence-electron chi connectivity index (χ3n) is 3.78. The summed E-state index contributed by atoms with van der Waals surface area (Å²) in [7, 11) is -3.27. The van der Waals surface area contributed by atoms with E-state index in [0.717, 1.165) is 31.2 Å². The average molecular weight is 294 g/mol. The highest BCUT2D eigenvalue weighted by molar-refractivity contribution is 7.92. The molecule has 0 unspecified atom stereocenters. The Morgan fingerprint density at radius 1 is 1.35 bits per heavy atom. The highest BCUT2D eigenvalue weighted by Crippen LogP contribution is 2.33. The molecule has 20 heavy (non-hydrogen) atoms. The zero-order valence-corrected chi connectivity index (χ0v) is 12.2. The van der Waals surface area contributed by atoms with Crippen LogP contribution in [-0.4, -0.2) is 27.1 Å². The third kappa shape index (κ3) is 2.65. The van der Waals surface area contributed by atoms with Crippen LogP contribution >= 0.6 is 0 Å². The molecule has 3 rings (SSSR count). The summed E-state index contributed by atoms with van der Waals surface area (Å²) in [4.78, 5) is 11.8. The molecule has 1 N–H and O–H groups in total. The molecule has 0 spiro atoms. The van der Waals surface area contributed by atoms with Crippen LogP contribution in [0.25, 0.3) is 0 Å². The van der Waals surface area contributed by atoms with Crippen molar-refractivity contribution in [3.63, 3.8) is 0 Å². The third-order valence-corrected chi connectivity index (χ3v) is 4.96. The summed E-state index contributed by atoms with van der Waals surface area (Å²) < 4.78 is 25.1. The van der Waals surface area contributed by atoms with E-state index in [2.05, 4.69) is 5.32 Å². The number of nitrogens with one attached hydrogen (secondary N) is 1. The number of fused-ring (bicyclic) bond motifs is 1. The van der Waals surface area contributed by atoms with E-state index in [9.17, 15) is 13.2 Å². The number of nitrogens with zero attached hydrogens (tertiary/aromatic N) is 1. The van der Waals surface area contributed by atoms with Crippen LogP contribution in [0.1, 0.15) is 24.8 Å². The number of aryl methyl sites for hydroxylation is 1. The van der Waals surface area contributed by atoms with E-state index in [-0.39, 0.29) is 11.8 Å². The molecule has 1 aliphatic heterocycles. The summed E-state index contributed by atoms with van der Waals surface area (Å²) >= 11 is 0. The lowest BCUT2D eigenvalue weighted by atomic mass is 10.0. The van der Waals surface area contributed by atoms with E-state index in [0.29, 0.717) is 17.9 Å². The van der Waals surface area contributed by atoms with E-state index < -0.39 is 10.0 Å². The van der Waals surface area contributed by atoms with Gasteiger partial charge >= 0.3 is 0 Å². The van der Waals surface area contributed by atoms with Crippen LogP contribution in [0.3, 0.4) is 0 Å². The number of rotatable bonds is 3. The van der Waals surface area contributed by atoms with Crippen molar-refractivity contribution in [2.24, 2.45) is 5.92 Å². The monoisotopic (exact) mass is 294 g/mol. The van der Waals surface area contributed by atoms with Crippen LogP contribution in [0, 0.1) is 5.92 Å². The summed E-state index contributed by atoms with van der Waals surface area (Å²) in [5.74, 6) is 0.170. The SMILES string of the molecule is CS(=O)(=O)N1CCCc2ccc(NC(=O)C3CC3)cc21. The predicted molar refractivity (Wildman–Crippen MR) is 78.3 cm³/mol. The van der Waals surface area contributed by atoms with Crippen molar-refractivity contribution in [3.05, 3.63) is 23.8 Å². The smallest absolute Gasteiger partial charge is 0.232 e. The second-order valence-corrected chi connectivity index (χ2v) is 7.45. The van der Waals surface area contributed by atoms with Crippen molar-refractivity contribution < 1.29 is 13.2 Å². The van der Waals surface area contributed by atoms with Crippen LogP contribution < -0.4 is 9.62 Å². The highest BCUT2D eigenvalue weighted by Gasteiger charge is 2.30. The van der Waals surface area contributed by atoms with Crippen molar-refractivity contribution in [3.8, 4) is 0 Å². The van der Waals surface area contributed by atoms with Gasteiger partial charge in [0.1, 0.15) is 0 Å². The Morgan fingerprint density at radius 2 is 2.10 bits per heavy atom. The number of benzene rings is 1. The minimum Gasteiger partial charge on any atom is -0.326 e. The summed E-state index contributed by atoms with van der Waals surface area (Å²) in [6.45, 7) is 0.506. The van der Waals surface area contributed by atoms with E-state index in [1.54, 1.807) is 6.07 Å². The van der Waals surface area contributed by atoms with Gasteiger partial charge < -0.3 is 5.32 Å². The number of carbonyl (C=O) groups is 1. The first-order valence-corrected chi connectivity index (χ1v) is 8.71. The number of sulfonamides is 1. The second-order valence-electron chi connectivity index (χ2n) is 5.55. The van der Waals surface area contributed by atoms with E-state index in [1.807, 2.05) is 12.1 Å². The van der Waals surface area contributed by atoms with Gasteiger partial charge in [-0.15, -0.1) is 0 Å². The Labute approximate surface area is 119 Å². The van der Waals surface area contributed by atoms with Crippen LogP contribution in [0.15, 0.2) is 18.2 Å². The molecule has 0 bridgehead atoms. The number of hydrogen-bond acceptors (Lipinski definition) is 3. The Balaban J connectivity index is 1.91. The maximum atomic E-state index is 11.8. The maximum absolute atomic E-state index is 11.8. The lowest BCUT2D eigenvalue weighted by Crippen LogP contribution is -2.34. The van der Waals surface area contributed by atoms with Crippen molar-refractivity contribution in [2.45, 2.75) is 25.7 Å². The largest absolute Gasteiger partial charge is 0.326 e. The summed E-state index contributed by atoms with van der Waals surface area (Å²) in [5, 5.41) is 2.87. The zero-order valence-electron chi connectivity index (χ0n) is 11.4. The van der Waals surface area contributed by atoms with Crippen molar-refractivity contribution in [1.82, 2.24) is 0 Å². The molecule has 1 aliphatic carbocycles. The molecule has 0 radical (unpaired) electrons. The first-order chi connectivity index (χ1) is 9.45. The number of hydrogen-bond donors (Lipinski definition) is 1. The second kappa shape index (κ2) is 4.77. The normalized spacial score (nSPS) is 18.6. The minimum absolute atomic E-state index is 0.0339. The molecule has 1 fully saturated rings. The molecular weight excluding hydrogens is 276 g/mol. The summed E-state index contributed by atoms with van der Waals surface area (Å²) in [5.41, 5.74) is 2.40. The first-order valence-electron chi connectivity index (χ1n) is 6.86. The number of anilines is 2. The first kappa shape index (κ1) is 13.4. The Bertz CT molecular complexity index is 650. The van der Waals surface area contributed by atoms with Crippen molar-refractivity contribution in [2.75, 3.05) is 22.4 Å². The van der Waals surface area contributed by atoms with Gasteiger partial charge in [0, 0.05) is 18.2 Å². The molecule has 1 heterocycles. The Kier molecular flexibility index (Phi) is 3.20. The minimum atomic E-state index is -3.27. The Hall–Kier alpha value is -1.56. The van der Waals surface area contributed by atoms with Crippen molar-refractivity contribution in [1.29, 1.82) is 0 Å². The van der Waals surface area contributed by atoms with Crippen LogP contribution in [-0.2, 0) is 21.2 Å². The molecule has 1 aromatic rings. The number of amides is 1. The lowest BCUT2D eigenvalue weighted by Gasteiger charge is -2.29. The fourth-order valence-corrected chi connectivity index (χ4v) is 3.54. The van der Waals surface area contributed by atoms with E-state index in [1.165, 1.54) is 10.6 Å². The molecule has 1 aromatic carbocycles. The molecule has 1 amide bonds. The van der Waals surface area contributed by atoms with E-state index in [4.69, 9.17) is 0 Å². The van der Waals surface area contributed by atoms with Gasteiger partial charge in [0.2, 0.25) is 15.9 Å². The fourth-order valence-electron chi connectivity index (χ4n) is 2.55. The molecule has 2 aliphatic rings. The molecule has 0 saturated heterocycles. The molecular formula is C14H18N2O3S. The predicted octanol–water partition coefficient (Wildman–Crippen LogP) is 1.75. The van der Waals surface area contributed by atoms with Gasteiger partial charge in [0.05, 0.1) is 11.9 Å². The zero-order chi connectivity index (χ0) is 14.3. The molecule has 1 saturated carbocycles. The van der Waals surface area contributed by atoms with Gasteiger partial charge in [0.15, 0.2) is 0 Å². The van der Waals surface area contributed by atoms with Crippen LogP contribution in [0.4, 0.5) is 11.4 Å². The van der Waals surface area contributed by atoms with Gasteiger partial charge in [-0.2, -0.15) is 0 Å². The standard InChI is InChI=1S/C14H18N2O3S/c1-20(18,19)16-8-2-3-10-6-7-12(9-13(10)16)15-14(17)11-4-5-11/h6-7,9,11H,2-5,8H2,1H3,(H,15,17). The molecule has 5 nitrogen and oxygen atoms in total. The lowest BCUT2D eigenvalue weighted by molar-refractivity contribution is -0.117. The van der Waals surface area contributed by atoms with Gasteiger partial charge in [-0.1, -0.05) is 6.07 Å². The molecule has 108 valence electrons. The molecule has 0 atom stereocenters. The van der Waals surface area contributed by atoms with Gasteiger partial charge in [0.25, 0.3) is 0 Å². The Morgan fingerprint density at radius 3 is 2.75 bits per heavy atom. The average Bonchev–Trinajstić information content (AvgIpc) is 3.21. The van der Waals surface area contributed by atoms with Gasteiger partial charge in [-0.05, 0) is 43.4 Å². The quantitative estimate of drug-likeness (QED) is 0.923. The van der Waals surface area contributed by atoms with E-state index >= 15 is 0 Å². The van der Waals surface area contributed by atoms with Crippen molar-refractivity contribution >= 4 is 27.3 Å². The maximum Gasteiger partial charge on any atom is 0.232 e. The molecule has 6 heteroatoms. The van der Waals surface area contributed by atoms with Crippen LogP contribution in [0.5, 0.6) is 0 Å². The summed E-state index contributed by atoms with van der Waals surface area (Å²) in [6.07, 6.45) is 4.82. The van der Waals surface area contributed by atoms with Gasteiger partial charge in [-0.3, -0.25) is 9.10 Å². The van der Waals surface area contributed by atoms with Gasteiger partial charge in [-0.25, -0.2) is 8.42 Å². The van der Waals surface area contributed by atoms with Crippen LogP contribution in [0.2, 0.25) is 0 Å². The molecule has 0 aromatic heterocycles. The topological polar surface area (TPSA) is 66.5 Å². The summed E-state index contributed by atoms with van der Waals surface area (Å²) in [6, 6.07) is 5.54. The number of carbonyl (C=O) groups excluding carboxylic acids is 1. The highest BCUT2D eigenvalue weighted by atomic mass is 32.2.